The number of hydrogen-bond acceptors (Lipinski definition) is 3. The Morgan fingerprint density at radius 1 is 1.39 bits per heavy atom. The van der Waals surface area contributed by atoms with Crippen LogP contribution in [0.25, 0.3) is 5.69 Å². The molecule has 2 aromatic rings. The molecule has 18 heavy (non-hydrogen) atoms. The lowest BCUT2D eigenvalue weighted by molar-refractivity contribution is 0.625. The molecule has 0 spiro atoms. The highest BCUT2D eigenvalue weighted by Crippen LogP contribution is 2.20. The zero-order chi connectivity index (χ0) is 13.3. The van der Waals surface area contributed by atoms with Crippen LogP contribution >= 0.6 is 15.9 Å². The molecule has 2 rings (SSSR count). The van der Waals surface area contributed by atoms with Crippen molar-refractivity contribution in [3.63, 3.8) is 0 Å². The molecule has 90 valence electrons. The van der Waals surface area contributed by atoms with Crippen LogP contribution in [0.3, 0.4) is 0 Å². The van der Waals surface area contributed by atoms with E-state index in [1.807, 2.05) is 4.98 Å². The smallest absolute Gasteiger partial charge is 0.273 e. The third-order valence-corrected chi connectivity index (χ3v) is 2.90. The highest BCUT2D eigenvalue weighted by Gasteiger charge is 2.09. The van der Waals surface area contributed by atoms with Gasteiger partial charge in [0.25, 0.3) is 5.56 Å². The molecule has 0 fully saturated rings. The molecule has 1 aromatic heterocycles. The molecule has 0 unspecified atom stereocenters. The van der Waals surface area contributed by atoms with Crippen molar-refractivity contribution >= 4 is 15.9 Å². The molecule has 0 saturated heterocycles. The van der Waals surface area contributed by atoms with Gasteiger partial charge in [0.15, 0.2) is 0 Å². The Labute approximate surface area is 108 Å². The van der Waals surface area contributed by atoms with Gasteiger partial charge in [-0.2, -0.15) is 5.26 Å². The van der Waals surface area contributed by atoms with E-state index in [0.717, 1.165) is 16.8 Å². The van der Waals surface area contributed by atoms with Crippen molar-refractivity contribution in [2.45, 2.75) is 0 Å². The summed E-state index contributed by atoms with van der Waals surface area (Å²) < 4.78 is 14.6. The zero-order valence-corrected chi connectivity index (χ0v) is 10.4. The van der Waals surface area contributed by atoms with Gasteiger partial charge in [-0.05, 0) is 34.1 Å². The summed E-state index contributed by atoms with van der Waals surface area (Å²) in [6, 6.07) is 5.41. The van der Waals surface area contributed by atoms with E-state index < -0.39 is 17.1 Å². The molecule has 1 N–H and O–H groups in total. The Kier molecular flexibility index (Phi) is 3.12. The number of aromatic nitrogens is 2. The molecule has 1 heterocycles. The molecule has 0 atom stereocenters. The summed E-state index contributed by atoms with van der Waals surface area (Å²) in [6.07, 6.45) is 1.07. The third-order valence-electron chi connectivity index (χ3n) is 2.23. The van der Waals surface area contributed by atoms with E-state index >= 15 is 0 Å². The Hall–Kier alpha value is -2.20. The van der Waals surface area contributed by atoms with E-state index in [1.54, 1.807) is 6.07 Å². The molecule has 0 bridgehead atoms. The normalized spacial score (nSPS) is 10.1. The minimum Gasteiger partial charge on any atom is -0.273 e. The number of benzene rings is 1. The molecule has 0 amide bonds. The maximum absolute atomic E-state index is 13.2. The topological polar surface area (TPSA) is 78.7 Å². The fraction of sp³-hybridized carbons (Fsp3) is 0. The molecular formula is C11H5BrFN3O2. The van der Waals surface area contributed by atoms with E-state index in [1.165, 1.54) is 12.1 Å². The lowest BCUT2D eigenvalue weighted by Gasteiger charge is -2.07. The van der Waals surface area contributed by atoms with Crippen LogP contribution in [0, 0.1) is 17.1 Å². The summed E-state index contributed by atoms with van der Waals surface area (Å²) in [7, 11) is 0. The Morgan fingerprint density at radius 3 is 2.78 bits per heavy atom. The molecule has 7 heteroatoms. The Morgan fingerprint density at radius 2 is 2.11 bits per heavy atom. The lowest BCUT2D eigenvalue weighted by atomic mass is 10.3. The van der Waals surface area contributed by atoms with Gasteiger partial charge in [-0.25, -0.2) is 9.18 Å². The minimum atomic E-state index is -0.772. The second-order valence-electron chi connectivity index (χ2n) is 3.38. The number of nitrogens with one attached hydrogen (secondary N) is 1. The SMILES string of the molecule is N#Cc1cn(-c2cc(F)ccc2Br)c(=O)[nH]c1=O. The molecule has 1 aromatic carbocycles. The van der Waals surface area contributed by atoms with Crippen molar-refractivity contribution in [2.24, 2.45) is 0 Å². The van der Waals surface area contributed by atoms with Crippen molar-refractivity contribution in [3.8, 4) is 11.8 Å². The van der Waals surface area contributed by atoms with Crippen molar-refractivity contribution in [2.75, 3.05) is 0 Å². The van der Waals surface area contributed by atoms with Crippen LogP contribution in [0.5, 0.6) is 0 Å². The molecule has 0 saturated carbocycles. The first-order valence-electron chi connectivity index (χ1n) is 4.74. The molecule has 0 aliphatic heterocycles. The van der Waals surface area contributed by atoms with Gasteiger partial charge in [0, 0.05) is 10.7 Å². The number of rotatable bonds is 1. The van der Waals surface area contributed by atoms with Crippen molar-refractivity contribution in [1.82, 2.24) is 9.55 Å². The van der Waals surface area contributed by atoms with Gasteiger partial charge in [0.1, 0.15) is 17.4 Å². The predicted molar refractivity (Wildman–Crippen MR) is 65.0 cm³/mol. The number of nitriles is 1. The maximum Gasteiger partial charge on any atom is 0.333 e. The number of H-pyrrole nitrogens is 1. The zero-order valence-electron chi connectivity index (χ0n) is 8.78. The number of hydrogen-bond donors (Lipinski definition) is 1. The Bertz CT molecular complexity index is 773. The first kappa shape index (κ1) is 12.3. The predicted octanol–water partition coefficient (Wildman–Crippen LogP) is 1.30. The molecule has 0 radical (unpaired) electrons. The van der Waals surface area contributed by atoms with E-state index in [0.29, 0.717) is 4.47 Å². The van der Waals surface area contributed by atoms with Gasteiger partial charge in [-0.3, -0.25) is 14.3 Å². The van der Waals surface area contributed by atoms with Crippen LogP contribution in [0.4, 0.5) is 4.39 Å². The average molecular weight is 310 g/mol. The number of nitrogens with zero attached hydrogens (tertiary/aromatic N) is 2. The number of aromatic amines is 1. The average Bonchev–Trinajstić information content (AvgIpc) is 2.33. The van der Waals surface area contributed by atoms with Gasteiger partial charge >= 0.3 is 5.69 Å². The maximum atomic E-state index is 13.2. The fourth-order valence-electron chi connectivity index (χ4n) is 1.40. The van der Waals surface area contributed by atoms with E-state index in [9.17, 15) is 14.0 Å². The van der Waals surface area contributed by atoms with Crippen molar-refractivity contribution in [3.05, 3.63) is 61.1 Å². The van der Waals surface area contributed by atoms with Crippen LogP contribution in [-0.4, -0.2) is 9.55 Å². The quantitative estimate of drug-likeness (QED) is 0.862. The molecular weight excluding hydrogens is 305 g/mol. The summed E-state index contributed by atoms with van der Waals surface area (Å²) in [5.74, 6) is -0.537. The molecule has 0 aliphatic carbocycles. The van der Waals surface area contributed by atoms with Crippen LogP contribution in [-0.2, 0) is 0 Å². The lowest BCUT2D eigenvalue weighted by Crippen LogP contribution is -2.30. The first-order chi connectivity index (χ1) is 8.52. The third kappa shape index (κ3) is 2.10. The van der Waals surface area contributed by atoms with Crippen LogP contribution in [0.1, 0.15) is 5.56 Å². The second-order valence-corrected chi connectivity index (χ2v) is 4.23. The molecule has 5 nitrogen and oxygen atoms in total. The van der Waals surface area contributed by atoms with Gasteiger partial charge in [-0.1, -0.05) is 0 Å². The summed E-state index contributed by atoms with van der Waals surface area (Å²) in [6.45, 7) is 0. The van der Waals surface area contributed by atoms with Crippen LogP contribution < -0.4 is 11.2 Å². The van der Waals surface area contributed by atoms with Gasteiger partial charge < -0.3 is 0 Å². The standard InChI is InChI=1S/C11H5BrFN3O2/c12-8-2-1-7(13)3-9(8)16-5-6(4-14)10(17)15-11(16)18/h1-3,5H,(H,15,17,18). The summed E-state index contributed by atoms with van der Waals surface area (Å²) in [4.78, 5) is 24.8. The number of halogens is 2. The van der Waals surface area contributed by atoms with Gasteiger partial charge in [0.2, 0.25) is 0 Å². The Balaban J connectivity index is 2.80. The first-order valence-corrected chi connectivity index (χ1v) is 5.53. The monoisotopic (exact) mass is 309 g/mol. The molecule has 0 aliphatic rings. The largest absolute Gasteiger partial charge is 0.333 e. The fourth-order valence-corrected chi connectivity index (χ4v) is 1.84. The second kappa shape index (κ2) is 4.58. The summed E-state index contributed by atoms with van der Waals surface area (Å²) >= 11 is 3.17. The minimum absolute atomic E-state index is 0.202. The van der Waals surface area contributed by atoms with E-state index in [-0.39, 0.29) is 11.3 Å². The van der Waals surface area contributed by atoms with Crippen LogP contribution in [0.15, 0.2) is 38.5 Å². The van der Waals surface area contributed by atoms with Gasteiger partial charge in [0.05, 0.1) is 5.69 Å². The summed E-state index contributed by atoms with van der Waals surface area (Å²) in [5, 5.41) is 8.73. The highest BCUT2D eigenvalue weighted by atomic mass is 79.9. The highest BCUT2D eigenvalue weighted by molar-refractivity contribution is 9.10. The van der Waals surface area contributed by atoms with E-state index in [4.69, 9.17) is 5.26 Å². The van der Waals surface area contributed by atoms with E-state index in [2.05, 4.69) is 15.9 Å². The van der Waals surface area contributed by atoms with Crippen molar-refractivity contribution in [1.29, 1.82) is 5.26 Å². The summed E-state index contributed by atoms with van der Waals surface area (Å²) in [5.41, 5.74) is -1.55. The van der Waals surface area contributed by atoms with Crippen molar-refractivity contribution < 1.29 is 4.39 Å². The van der Waals surface area contributed by atoms with Crippen LogP contribution in [0.2, 0.25) is 0 Å². The van der Waals surface area contributed by atoms with Gasteiger partial charge in [-0.15, -0.1) is 0 Å².